The molecule has 4 aromatic rings. The smallest absolute Gasteiger partial charge is 0.410 e. The summed E-state index contributed by atoms with van der Waals surface area (Å²) in [6.07, 6.45) is 0.865. The van der Waals surface area contributed by atoms with Gasteiger partial charge in [0.15, 0.2) is 5.82 Å². The normalized spacial score (nSPS) is 14.1. The summed E-state index contributed by atoms with van der Waals surface area (Å²) >= 11 is 4.80. The minimum Gasteiger partial charge on any atom is -0.445 e. The second kappa shape index (κ2) is 13.7. The molecule has 1 amide bonds. The molecule has 1 aliphatic heterocycles. The van der Waals surface area contributed by atoms with Crippen LogP contribution in [0.1, 0.15) is 29.3 Å². The molecule has 0 N–H and O–H groups in total. The van der Waals surface area contributed by atoms with Crippen LogP contribution in [0.25, 0.3) is 11.3 Å². The van der Waals surface area contributed by atoms with Gasteiger partial charge in [0.1, 0.15) is 29.9 Å². The first-order chi connectivity index (χ1) is 21.1. The minimum atomic E-state index is -4.76. The summed E-state index contributed by atoms with van der Waals surface area (Å²) in [4.78, 5) is 18.0. The monoisotopic (exact) mass is 709 g/mol. The average Bonchev–Trinajstić information content (AvgIpc) is 3.41. The number of hydrogen-bond donors (Lipinski definition) is 0. The molecule has 0 saturated carbocycles. The molecule has 0 unspecified atom stereocenters. The number of likely N-dealkylation sites (tertiary alicyclic amines) is 1. The van der Waals surface area contributed by atoms with E-state index in [0.717, 1.165) is 16.6 Å². The lowest BCUT2D eigenvalue weighted by Gasteiger charge is -2.30. The molecule has 0 aliphatic carbocycles. The summed E-state index contributed by atoms with van der Waals surface area (Å²) in [5.74, 6) is -3.08. The molecule has 14 heteroatoms. The van der Waals surface area contributed by atoms with Gasteiger partial charge in [-0.1, -0.05) is 36.4 Å². The van der Waals surface area contributed by atoms with Gasteiger partial charge >= 0.3 is 6.09 Å². The minimum absolute atomic E-state index is 0.00909. The van der Waals surface area contributed by atoms with E-state index < -0.39 is 44.8 Å². The van der Waals surface area contributed by atoms with Gasteiger partial charge in [0, 0.05) is 31.7 Å². The second-order valence-electron chi connectivity index (χ2n) is 9.96. The van der Waals surface area contributed by atoms with E-state index in [0.29, 0.717) is 46.2 Å². The number of aromatic nitrogens is 1. The van der Waals surface area contributed by atoms with Crippen LogP contribution in [-0.4, -0.2) is 51.3 Å². The molecule has 0 radical (unpaired) electrons. The molecule has 3 aromatic carbocycles. The topological polar surface area (TPSA) is 89.0 Å². The van der Waals surface area contributed by atoms with Crippen molar-refractivity contribution in [3.8, 4) is 11.3 Å². The van der Waals surface area contributed by atoms with Gasteiger partial charge in [0.2, 0.25) is 0 Å². The Morgan fingerprint density at radius 3 is 2.50 bits per heavy atom. The Labute approximate surface area is 265 Å². The zero-order chi connectivity index (χ0) is 31.4. The number of rotatable bonds is 9. The molecule has 0 atom stereocenters. The van der Waals surface area contributed by atoms with Crippen molar-refractivity contribution in [1.29, 1.82) is 0 Å². The predicted molar refractivity (Wildman–Crippen MR) is 163 cm³/mol. The number of hydrogen-bond acceptors (Lipinski definition) is 7. The third kappa shape index (κ3) is 6.77. The van der Waals surface area contributed by atoms with Gasteiger partial charge in [-0.15, -0.1) is 11.3 Å². The van der Waals surface area contributed by atoms with Crippen molar-refractivity contribution < 1.29 is 35.9 Å². The molecule has 1 fully saturated rings. The van der Waals surface area contributed by atoms with Gasteiger partial charge < -0.3 is 14.4 Å². The Bertz CT molecular complexity index is 1750. The number of carbonyl (C=O) groups excluding carboxylic acids is 1. The molecular formula is C30H27BrF3N3O5S2. The van der Waals surface area contributed by atoms with Crippen LogP contribution in [0.15, 0.2) is 75.4 Å². The van der Waals surface area contributed by atoms with Crippen molar-refractivity contribution in [3.05, 3.63) is 98.5 Å². The zero-order valence-electron chi connectivity index (χ0n) is 23.4. The number of sulfonamides is 1. The van der Waals surface area contributed by atoms with Gasteiger partial charge in [-0.05, 0) is 64.7 Å². The van der Waals surface area contributed by atoms with Gasteiger partial charge in [0.25, 0.3) is 10.0 Å². The highest BCUT2D eigenvalue weighted by molar-refractivity contribution is 9.11. The van der Waals surface area contributed by atoms with Crippen LogP contribution in [0.3, 0.4) is 0 Å². The molecule has 1 aromatic heterocycles. The maximum Gasteiger partial charge on any atom is 0.410 e. The fourth-order valence-corrected chi connectivity index (χ4v) is 8.08. The van der Waals surface area contributed by atoms with Crippen LogP contribution in [0, 0.1) is 17.5 Å². The van der Waals surface area contributed by atoms with Crippen LogP contribution in [0.4, 0.5) is 23.7 Å². The maximum absolute atomic E-state index is 16.1. The molecule has 0 bridgehead atoms. The van der Waals surface area contributed by atoms with E-state index in [-0.39, 0.29) is 29.9 Å². The van der Waals surface area contributed by atoms with Crippen LogP contribution < -0.4 is 4.31 Å². The van der Waals surface area contributed by atoms with E-state index in [1.807, 2.05) is 30.3 Å². The molecular weight excluding hydrogens is 683 g/mol. The van der Waals surface area contributed by atoms with Crippen LogP contribution in [0.2, 0.25) is 0 Å². The van der Waals surface area contributed by atoms with Gasteiger partial charge in [0.05, 0.1) is 20.2 Å². The van der Waals surface area contributed by atoms with Crippen LogP contribution in [0.5, 0.6) is 0 Å². The Kier molecular flexibility index (Phi) is 9.93. The first-order valence-corrected chi connectivity index (χ1v) is 16.5. The van der Waals surface area contributed by atoms with Crippen molar-refractivity contribution in [2.45, 2.75) is 30.3 Å². The van der Waals surface area contributed by atoms with Crippen molar-refractivity contribution in [1.82, 2.24) is 9.88 Å². The van der Waals surface area contributed by atoms with E-state index in [1.54, 1.807) is 4.90 Å². The third-order valence-electron chi connectivity index (χ3n) is 7.12. The van der Waals surface area contributed by atoms with Crippen molar-refractivity contribution >= 4 is 49.1 Å². The highest BCUT2D eigenvalue weighted by atomic mass is 79.9. The number of amides is 1. The SMILES string of the molecule is COCN(c1cccc(-c2nc(C3CCN(C(=O)OCc4ccccc4)CC3)sc2Br)c1F)S(=O)(=O)c1cc(F)ccc1F. The Morgan fingerprint density at radius 2 is 1.80 bits per heavy atom. The largest absolute Gasteiger partial charge is 0.445 e. The molecule has 8 nitrogen and oxygen atoms in total. The number of methoxy groups -OCH3 is 1. The van der Waals surface area contributed by atoms with E-state index in [4.69, 9.17) is 14.5 Å². The summed E-state index contributed by atoms with van der Waals surface area (Å²) in [5.41, 5.74) is 0.753. The Balaban J connectivity index is 1.34. The Hall–Kier alpha value is -3.46. The average molecular weight is 711 g/mol. The van der Waals surface area contributed by atoms with Crippen LogP contribution >= 0.6 is 27.3 Å². The summed E-state index contributed by atoms with van der Waals surface area (Å²) in [6.45, 7) is 0.464. The standard InChI is InChI=1S/C30H27BrF3N3O5S2/c1-41-18-37(44(39,40)25-16-21(32)10-11-23(25)33)24-9-5-8-22(26(24)34)27-28(31)43-29(35-27)20-12-14-36(15-13-20)30(38)42-17-19-6-3-2-4-7-19/h2-11,16,20H,12-15,17-18H2,1H3. The Morgan fingerprint density at radius 1 is 1.07 bits per heavy atom. The first kappa shape index (κ1) is 31.9. The fourth-order valence-electron chi connectivity index (χ4n) is 4.85. The number of benzene rings is 3. The summed E-state index contributed by atoms with van der Waals surface area (Å²) in [6, 6.07) is 15.5. The van der Waals surface area contributed by atoms with E-state index >= 15 is 4.39 Å². The summed E-state index contributed by atoms with van der Waals surface area (Å²) in [7, 11) is -3.57. The highest BCUT2D eigenvalue weighted by Crippen LogP contribution is 2.42. The second-order valence-corrected chi connectivity index (χ2v) is 14.1. The first-order valence-electron chi connectivity index (χ1n) is 13.5. The fraction of sp³-hybridized carbons (Fsp3) is 0.267. The zero-order valence-corrected chi connectivity index (χ0v) is 26.6. The summed E-state index contributed by atoms with van der Waals surface area (Å²) in [5, 5.41) is 0.734. The molecule has 2 heterocycles. The number of thiazole rings is 1. The molecule has 232 valence electrons. The number of carbonyl (C=O) groups is 1. The lowest BCUT2D eigenvalue weighted by molar-refractivity contribution is 0.0870. The van der Waals surface area contributed by atoms with Gasteiger partial charge in [-0.3, -0.25) is 0 Å². The van der Waals surface area contributed by atoms with E-state index in [9.17, 15) is 22.0 Å². The third-order valence-corrected chi connectivity index (χ3v) is 10.7. The molecule has 1 aliphatic rings. The number of anilines is 1. The van der Waals surface area contributed by atoms with Crippen molar-refractivity contribution in [2.24, 2.45) is 0 Å². The van der Waals surface area contributed by atoms with E-state index in [2.05, 4.69) is 15.9 Å². The maximum atomic E-state index is 16.1. The molecule has 0 spiro atoms. The highest BCUT2D eigenvalue weighted by Gasteiger charge is 2.33. The van der Waals surface area contributed by atoms with Gasteiger partial charge in [-0.25, -0.2) is 35.7 Å². The molecule has 1 saturated heterocycles. The van der Waals surface area contributed by atoms with Crippen molar-refractivity contribution in [2.75, 3.05) is 31.2 Å². The number of piperidine rings is 1. The lowest BCUT2D eigenvalue weighted by Crippen LogP contribution is -2.38. The predicted octanol–water partition coefficient (Wildman–Crippen LogP) is 7.31. The van der Waals surface area contributed by atoms with Crippen molar-refractivity contribution in [3.63, 3.8) is 0 Å². The van der Waals surface area contributed by atoms with E-state index in [1.165, 1.54) is 36.6 Å². The van der Waals surface area contributed by atoms with Crippen LogP contribution in [-0.2, 0) is 26.1 Å². The number of ether oxygens (including phenoxy) is 2. The lowest BCUT2D eigenvalue weighted by atomic mass is 9.98. The summed E-state index contributed by atoms with van der Waals surface area (Å²) < 4.78 is 82.7. The quantitative estimate of drug-likeness (QED) is 0.170. The number of halogens is 4. The van der Waals surface area contributed by atoms with Gasteiger partial charge in [-0.2, -0.15) is 0 Å². The molecule has 44 heavy (non-hydrogen) atoms. The molecule has 5 rings (SSSR count). The number of nitrogens with zero attached hydrogens (tertiary/aromatic N) is 3.